The van der Waals surface area contributed by atoms with Crippen molar-refractivity contribution in [2.24, 2.45) is 0 Å². The zero-order valence-corrected chi connectivity index (χ0v) is 16.1. The minimum absolute atomic E-state index is 0.0769. The smallest absolute Gasteiger partial charge is 0.234 e. The molecule has 0 aliphatic heterocycles. The molecule has 1 heterocycles. The van der Waals surface area contributed by atoms with Crippen LogP contribution in [0, 0.1) is 0 Å². The number of anilines is 1. The number of thioether (sulfide) groups is 1. The molecule has 0 aliphatic rings. The number of aromatic nitrogens is 3. The summed E-state index contributed by atoms with van der Waals surface area (Å²) >= 11 is 1.37. The molecule has 0 spiro atoms. The van der Waals surface area contributed by atoms with Crippen LogP contribution in [0.15, 0.2) is 65.8 Å². The van der Waals surface area contributed by atoms with E-state index in [1.165, 1.54) is 11.8 Å². The first-order chi connectivity index (χ1) is 13.2. The molecule has 0 fully saturated rings. The van der Waals surface area contributed by atoms with Crippen LogP contribution in [-0.4, -0.2) is 26.4 Å². The van der Waals surface area contributed by atoms with Gasteiger partial charge in [0.1, 0.15) is 5.75 Å². The molecule has 0 unspecified atom stereocenters. The first-order valence-corrected chi connectivity index (χ1v) is 9.78. The van der Waals surface area contributed by atoms with Crippen molar-refractivity contribution in [1.29, 1.82) is 0 Å². The molecule has 3 rings (SSSR count). The molecular weight excluding hydrogens is 360 g/mol. The van der Waals surface area contributed by atoms with E-state index >= 15 is 0 Å². The Morgan fingerprint density at radius 2 is 1.78 bits per heavy atom. The topological polar surface area (TPSA) is 69.0 Å². The fourth-order valence-corrected chi connectivity index (χ4v) is 3.42. The van der Waals surface area contributed by atoms with E-state index in [2.05, 4.69) is 15.5 Å². The number of nitrogens with zero attached hydrogens (tertiary/aromatic N) is 3. The molecule has 7 heteroatoms. The van der Waals surface area contributed by atoms with Gasteiger partial charge < -0.3 is 14.6 Å². The van der Waals surface area contributed by atoms with Crippen LogP contribution in [0.3, 0.4) is 0 Å². The second-order valence-electron chi connectivity index (χ2n) is 5.86. The minimum Gasteiger partial charge on any atom is -0.483 e. The van der Waals surface area contributed by atoms with Crippen molar-refractivity contribution in [3.8, 4) is 5.75 Å². The van der Waals surface area contributed by atoms with Gasteiger partial charge in [-0.25, -0.2) is 0 Å². The predicted molar refractivity (Wildman–Crippen MR) is 107 cm³/mol. The molecule has 0 radical (unpaired) electrons. The molecule has 0 bridgehead atoms. The van der Waals surface area contributed by atoms with E-state index in [0.717, 1.165) is 17.3 Å². The number of carbonyl (C=O) groups is 1. The van der Waals surface area contributed by atoms with Crippen molar-refractivity contribution < 1.29 is 9.53 Å². The molecular formula is C20H22N4O2S. The Balaban J connectivity index is 1.62. The van der Waals surface area contributed by atoms with Crippen molar-refractivity contribution >= 4 is 23.4 Å². The van der Waals surface area contributed by atoms with Gasteiger partial charge in [0.25, 0.3) is 0 Å². The number of hydrogen-bond donors (Lipinski definition) is 1. The third-order valence-electron chi connectivity index (χ3n) is 3.87. The molecule has 140 valence electrons. The van der Waals surface area contributed by atoms with Crippen LogP contribution in [0.5, 0.6) is 5.75 Å². The number of benzene rings is 2. The van der Waals surface area contributed by atoms with E-state index < -0.39 is 0 Å². The molecule has 1 atom stereocenters. The summed E-state index contributed by atoms with van der Waals surface area (Å²) in [4.78, 5) is 12.2. The first-order valence-electron chi connectivity index (χ1n) is 8.80. The monoisotopic (exact) mass is 382 g/mol. The van der Waals surface area contributed by atoms with Crippen LogP contribution >= 0.6 is 11.8 Å². The second-order valence-corrected chi connectivity index (χ2v) is 6.80. The Labute approximate surface area is 163 Å². The summed E-state index contributed by atoms with van der Waals surface area (Å²) in [7, 11) is 0. The molecule has 2 aromatic carbocycles. The maximum Gasteiger partial charge on any atom is 0.234 e. The van der Waals surface area contributed by atoms with E-state index in [4.69, 9.17) is 4.74 Å². The Bertz CT molecular complexity index is 868. The maximum absolute atomic E-state index is 12.2. The lowest BCUT2D eigenvalue weighted by Crippen LogP contribution is -2.15. The Hall–Kier alpha value is -2.80. The summed E-state index contributed by atoms with van der Waals surface area (Å²) in [5.74, 6) is 1.72. The summed E-state index contributed by atoms with van der Waals surface area (Å²) in [6.07, 6.45) is -0.243. The van der Waals surface area contributed by atoms with Gasteiger partial charge in [0.15, 0.2) is 17.1 Å². The van der Waals surface area contributed by atoms with Crippen molar-refractivity contribution in [1.82, 2.24) is 14.8 Å². The van der Waals surface area contributed by atoms with Gasteiger partial charge in [-0.15, -0.1) is 10.2 Å². The SMILES string of the molecule is CCn1c(SCC(=O)Nc2ccccc2)nnc1[C@H](C)Oc1ccccc1. The molecule has 6 nitrogen and oxygen atoms in total. The molecule has 0 saturated heterocycles. The maximum atomic E-state index is 12.2. The lowest BCUT2D eigenvalue weighted by atomic mass is 10.3. The number of amides is 1. The number of carbonyl (C=O) groups excluding carboxylic acids is 1. The van der Waals surface area contributed by atoms with E-state index in [0.29, 0.717) is 11.7 Å². The van der Waals surface area contributed by atoms with E-state index in [9.17, 15) is 4.79 Å². The summed E-state index contributed by atoms with van der Waals surface area (Å²) < 4.78 is 7.93. The third kappa shape index (κ3) is 5.10. The highest BCUT2D eigenvalue weighted by Gasteiger charge is 2.19. The summed E-state index contributed by atoms with van der Waals surface area (Å²) in [6.45, 7) is 4.67. The fourth-order valence-electron chi connectivity index (χ4n) is 2.61. The molecule has 1 amide bonds. The highest BCUT2D eigenvalue weighted by molar-refractivity contribution is 7.99. The highest BCUT2D eigenvalue weighted by Crippen LogP contribution is 2.24. The van der Waals surface area contributed by atoms with Crippen LogP contribution in [0.4, 0.5) is 5.69 Å². The van der Waals surface area contributed by atoms with E-state index in [-0.39, 0.29) is 17.8 Å². The fraction of sp³-hybridized carbons (Fsp3) is 0.250. The Kier molecular flexibility index (Phi) is 6.49. The van der Waals surface area contributed by atoms with Crippen LogP contribution in [0.25, 0.3) is 0 Å². The second kappa shape index (κ2) is 9.23. The van der Waals surface area contributed by atoms with Gasteiger partial charge in [-0.05, 0) is 38.1 Å². The number of ether oxygens (including phenoxy) is 1. The average Bonchev–Trinajstić information content (AvgIpc) is 3.11. The van der Waals surface area contributed by atoms with Crippen LogP contribution in [-0.2, 0) is 11.3 Å². The normalized spacial score (nSPS) is 11.8. The van der Waals surface area contributed by atoms with Crippen molar-refractivity contribution in [3.63, 3.8) is 0 Å². The van der Waals surface area contributed by atoms with Crippen molar-refractivity contribution in [2.75, 3.05) is 11.1 Å². The summed E-state index contributed by atoms with van der Waals surface area (Å²) in [6, 6.07) is 19.0. The van der Waals surface area contributed by atoms with Crippen LogP contribution in [0.1, 0.15) is 25.8 Å². The molecule has 1 aromatic heterocycles. The van der Waals surface area contributed by atoms with Gasteiger partial charge in [0.05, 0.1) is 5.75 Å². The molecule has 27 heavy (non-hydrogen) atoms. The average molecular weight is 382 g/mol. The molecule has 0 saturated carbocycles. The zero-order chi connectivity index (χ0) is 19.1. The summed E-state index contributed by atoms with van der Waals surface area (Å²) in [5, 5.41) is 12.1. The van der Waals surface area contributed by atoms with Gasteiger partial charge in [-0.2, -0.15) is 0 Å². The van der Waals surface area contributed by atoms with Gasteiger partial charge in [0, 0.05) is 12.2 Å². The largest absolute Gasteiger partial charge is 0.483 e. The molecule has 3 aromatic rings. The third-order valence-corrected chi connectivity index (χ3v) is 4.84. The minimum atomic E-state index is -0.243. The van der Waals surface area contributed by atoms with Gasteiger partial charge >= 0.3 is 0 Å². The van der Waals surface area contributed by atoms with E-state index in [1.807, 2.05) is 79.1 Å². The van der Waals surface area contributed by atoms with Gasteiger partial charge in [0.2, 0.25) is 5.91 Å². The standard InChI is InChI=1S/C20H22N4O2S/c1-3-24-19(15(2)26-17-12-8-5-9-13-17)22-23-20(24)27-14-18(25)21-16-10-6-4-7-11-16/h4-13,15H,3,14H2,1-2H3,(H,21,25)/t15-/m0/s1. The number of hydrogen-bond acceptors (Lipinski definition) is 5. The molecule has 0 aliphatic carbocycles. The lowest BCUT2D eigenvalue weighted by Gasteiger charge is -2.15. The van der Waals surface area contributed by atoms with Crippen molar-refractivity contribution in [3.05, 3.63) is 66.5 Å². The lowest BCUT2D eigenvalue weighted by molar-refractivity contribution is -0.113. The molecule has 1 N–H and O–H groups in total. The summed E-state index contributed by atoms with van der Waals surface area (Å²) in [5.41, 5.74) is 0.783. The van der Waals surface area contributed by atoms with Crippen LogP contribution < -0.4 is 10.1 Å². The quantitative estimate of drug-likeness (QED) is 0.592. The number of rotatable bonds is 8. The first kappa shape index (κ1) is 19.0. The van der Waals surface area contributed by atoms with E-state index in [1.54, 1.807) is 0 Å². The van der Waals surface area contributed by atoms with Crippen LogP contribution in [0.2, 0.25) is 0 Å². The van der Waals surface area contributed by atoms with Gasteiger partial charge in [-0.1, -0.05) is 48.2 Å². The number of nitrogens with one attached hydrogen (secondary N) is 1. The predicted octanol–water partition coefficient (Wildman–Crippen LogP) is 4.17. The Morgan fingerprint density at radius 3 is 2.44 bits per heavy atom. The van der Waals surface area contributed by atoms with Gasteiger partial charge in [-0.3, -0.25) is 4.79 Å². The van der Waals surface area contributed by atoms with Crippen molar-refractivity contribution in [2.45, 2.75) is 31.7 Å². The Morgan fingerprint density at radius 1 is 1.11 bits per heavy atom. The zero-order valence-electron chi connectivity index (χ0n) is 15.3. The number of para-hydroxylation sites is 2. The highest BCUT2D eigenvalue weighted by atomic mass is 32.2.